The third-order valence-corrected chi connectivity index (χ3v) is 1.95. The first-order valence-corrected chi connectivity index (χ1v) is 4.81. The molecule has 0 fully saturated rings. The van der Waals surface area contributed by atoms with Crippen molar-refractivity contribution < 1.29 is 4.79 Å². The van der Waals surface area contributed by atoms with Crippen LogP contribution in [0, 0.1) is 5.92 Å². The number of pyridine rings is 1. The molecule has 0 aliphatic heterocycles. The molecule has 1 N–H and O–H groups in total. The number of nitrogens with zero attached hydrogens (tertiary/aromatic N) is 1. The van der Waals surface area contributed by atoms with Gasteiger partial charge in [0.1, 0.15) is 4.60 Å². The number of hydrogen-bond donors (Lipinski definition) is 1. The smallest absolute Gasteiger partial charge is 0.226 e. The van der Waals surface area contributed by atoms with Gasteiger partial charge in [-0.1, -0.05) is 13.8 Å². The molecule has 0 radical (unpaired) electrons. The number of halogens is 1. The Morgan fingerprint density at radius 1 is 1.62 bits per heavy atom. The number of anilines is 1. The second kappa shape index (κ2) is 4.37. The van der Waals surface area contributed by atoms with Crippen LogP contribution in [0.2, 0.25) is 0 Å². The summed E-state index contributed by atoms with van der Waals surface area (Å²) < 4.78 is 0.717. The van der Waals surface area contributed by atoms with Gasteiger partial charge in [0.05, 0.1) is 0 Å². The Morgan fingerprint density at radius 2 is 2.31 bits per heavy atom. The molecule has 1 rings (SSSR count). The van der Waals surface area contributed by atoms with Crippen LogP contribution in [0.3, 0.4) is 0 Å². The molecule has 0 saturated carbocycles. The zero-order valence-electron chi connectivity index (χ0n) is 7.54. The molecule has 13 heavy (non-hydrogen) atoms. The number of rotatable bonds is 2. The normalized spacial score (nSPS) is 10.2. The molecule has 0 saturated heterocycles. The lowest BCUT2D eigenvalue weighted by atomic mass is 10.2. The van der Waals surface area contributed by atoms with Crippen molar-refractivity contribution in [1.29, 1.82) is 0 Å². The van der Waals surface area contributed by atoms with Crippen molar-refractivity contribution in [3.63, 3.8) is 0 Å². The third kappa shape index (κ3) is 3.14. The van der Waals surface area contributed by atoms with Crippen molar-refractivity contribution in [2.75, 3.05) is 5.32 Å². The fraction of sp³-hybridized carbons (Fsp3) is 0.333. The Labute approximate surface area is 85.7 Å². The molecule has 0 bridgehead atoms. The maximum atomic E-state index is 11.3. The van der Waals surface area contributed by atoms with E-state index in [9.17, 15) is 4.79 Å². The summed E-state index contributed by atoms with van der Waals surface area (Å²) in [7, 11) is 0. The zero-order chi connectivity index (χ0) is 9.84. The van der Waals surface area contributed by atoms with E-state index in [1.165, 1.54) is 0 Å². The first-order valence-electron chi connectivity index (χ1n) is 4.02. The van der Waals surface area contributed by atoms with Crippen LogP contribution in [-0.2, 0) is 4.79 Å². The summed E-state index contributed by atoms with van der Waals surface area (Å²) in [6, 6.07) is 3.52. The topological polar surface area (TPSA) is 42.0 Å². The second-order valence-electron chi connectivity index (χ2n) is 3.01. The molecule has 3 nitrogen and oxygen atoms in total. The van der Waals surface area contributed by atoms with E-state index in [-0.39, 0.29) is 11.8 Å². The average Bonchev–Trinajstić information content (AvgIpc) is 2.04. The van der Waals surface area contributed by atoms with E-state index in [0.29, 0.717) is 4.60 Å². The van der Waals surface area contributed by atoms with Crippen LogP contribution in [0.1, 0.15) is 13.8 Å². The molecule has 0 atom stereocenters. The summed E-state index contributed by atoms with van der Waals surface area (Å²) in [6.45, 7) is 3.71. The molecule has 4 heteroatoms. The van der Waals surface area contributed by atoms with Crippen LogP contribution in [0.4, 0.5) is 5.69 Å². The molecular formula is C9H11BrN2O. The van der Waals surface area contributed by atoms with Crippen molar-refractivity contribution in [1.82, 2.24) is 4.98 Å². The lowest BCUT2D eigenvalue weighted by Crippen LogP contribution is -2.17. The van der Waals surface area contributed by atoms with E-state index < -0.39 is 0 Å². The maximum Gasteiger partial charge on any atom is 0.226 e. The monoisotopic (exact) mass is 242 g/mol. The molecule has 0 spiro atoms. The van der Waals surface area contributed by atoms with Gasteiger partial charge in [0.2, 0.25) is 5.91 Å². The van der Waals surface area contributed by atoms with Gasteiger partial charge in [-0.3, -0.25) is 4.79 Å². The minimum absolute atomic E-state index is 0.00746. The summed E-state index contributed by atoms with van der Waals surface area (Å²) in [5, 5.41) is 2.77. The van der Waals surface area contributed by atoms with Gasteiger partial charge in [0.25, 0.3) is 0 Å². The molecule has 0 aliphatic carbocycles. The molecule has 1 aromatic heterocycles. The highest BCUT2D eigenvalue weighted by Gasteiger charge is 2.06. The molecule has 0 aliphatic rings. The number of amides is 1. The Hall–Kier alpha value is -0.900. The quantitative estimate of drug-likeness (QED) is 0.810. The highest BCUT2D eigenvalue weighted by molar-refractivity contribution is 9.10. The molecule has 1 heterocycles. The van der Waals surface area contributed by atoms with Gasteiger partial charge in [-0.05, 0) is 28.1 Å². The Morgan fingerprint density at radius 3 is 2.85 bits per heavy atom. The SMILES string of the molecule is CC(C)C(=O)Nc1ccnc(Br)c1. The van der Waals surface area contributed by atoms with E-state index in [1.54, 1.807) is 18.3 Å². The number of carbonyl (C=O) groups is 1. The van der Waals surface area contributed by atoms with Crippen LogP contribution in [0.15, 0.2) is 22.9 Å². The fourth-order valence-electron chi connectivity index (χ4n) is 0.767. The van der Waals surface area contributed by atoms with Crippen LogP contribution in [-0.4, -0.2) is 10.9 Å². The predicted octanol–water partition coefficient (Wildman–Crippen LogP) is 2.44. The average molecular weight is 243 g/mol. The fourth-order valence-corrected chi connectivity index (χ4v) is 1.13. The summed E-state index contributed by atoms with van der Waals surface area (Å²) in [5.74, 6) is 0.00467. The van der Waals surface area contributed by atoms with Gasteiger partial charge in [0.15, 0.2) is 0 Å². The van der Waals surface area contributed by atoms with E-state index in [4.69, 9.17) is 0 Å². The first kappa shape index (κ1) is 10.2. The second-order valence-corrected chi connectivity index (χ2v) is 3.82. The minimum Gasteiger partial charge on any atom is -0.326 e. The molecule has 1 amide bonds. The van der Waals surface area contributed by atoms with Crippen molar-refractivity contribution >= 4 is 27.5 Å². The maximum absolute atomic E-state index is 11.3. The largest absolute Gasteiger partial charge is 0.326 e. The van der Waals surface area contributed by atoms with E-state index in [0.717, 1.165) is 5.69 Å². The Bertz CT molecular complexity index is 312. The highest BCUT2D eigenvalue weighted by atomic mass is 79.9. The minimum atomic E-state index is -0.00746. The molecule has 0 aromatic carbocycles. The first-order chi connectivity index (χ1) is 6.09. The van der Waals surface area contributed by atoms with Gasteiger partial charge in [-0.2, -0.15) is 0 Å². The predicted molar refractivity (Wildman–Crippen MR) is 55.4 cm³/mol. The molecular weight excluding hydrogens is 232 g/mol. The summed E-state index contributed by atoms with van der Waals surface area (Å²) >= 11 is 3.23. The van der Waals surface area contributed by atoms with E-state index in [2.05, 4.69) is 26.2 Å². The van der Waals surface area contributed by atoms with Crippen LogP contribution >= 0.6 is 15.9 Å². The van der Waals surface area contributed by atoms with E-state index >= 15 is 0 Å². The summed E-state index contributed by atoms with van der Waals surface area (Å²) in [4.78, 5) is 15.2. The zero-order valence-corrected chi connectivity index (χ0v) is 9.13. The van der Waals surface area contributed by atoms with Gasteiger partial charge in [-0.15, -0.1) is 0 Å². The number of aromatic nitrogens is 1. The summed E-state index contributed by atoms with van der Waals surface area (Å²) in [5.41, 5.74) is 0.764. The summed E-state index contributed by atoms with van der Waals surface area (Å²) in [6.07, 6.45) is 1.64. The number of hydrogen-bond acceptors (Lipinski definition) is 2. The van der Waals surface area contributed by atoms with Crippen LogP contribution in [0.25, 0.3) is 0 Å². The molecule has 70 valence electrons. The van der Waals surface area contributed by atoms with Crippen LogP contribution < -0.4 is 5.32 Å². The van der Waals surface area contributed by atoms with Crippen molar-refractivity contribution in [2.24, 2.45) is 5.92 Å². The lowest BCUT2D eigenvalue weighted by Gasteiger charge is -2.06. The Balaban J connectivity index is 2.69. The van der Waals surface area contributed by atoms with Gasteiger partial charge >= 0.3 is 0 Å². The van der Waals surface area contributed by atoms with E-state index in [1.807, 2.05) is 13.8 Å². The van der Waals surface area contributed by atoms with Gasteiger partial charge in [-0.25, -0.2) is 4.98 Å². The standard InChI is InChI=1S/C9H11BrN2O/c1-6(2)9(13)12-7-3-4-11-8(10)5-7/h3-6H,1-2H3,(H,11,12,13). The third-order valence-electron chi connectivity index (χ3n) is 1.52. The van der Waals surface area contributed by atoms with Gasteiger partial charge in [0, 0.05) is 17.8 Å². The Kier molecular flexibility index (Phi) is 3.42. The van der Waals surface area contributed by atoms with Crippen molar-refractivity contribution in [2.45, 2.75) is 13.8 Å². The van der Waals surface area contributed by atoms with Crippen LogP contribution in [0.5, 0.6) is 0 Å². The van der Waals surface area contributed by atoms with Gasteiger partial charge < -0.3 is 5.32 Å². The highest BCUT2D eigenvalue weighted by Crippen LogP contribution is 2.13. The van der Waals surface area contributed by atoms with Crippen molar-refractivity contribution in [3.05, 3.63) is 22.9 Å². The van der Waals surface area contributed by atoms with Crippen molar-refractivity contribution in [3.8, 4) is 0 Å². The molecule has 1 aromatic rings. The number of carbonyl (C=O) groups excluding carboxylic acids is 1. The lowest BCUT2D eigenvalue weighted by molar-refractivity contribution is -0.118. The molecule has 0 unspecified atom stereocenters. The number of nitrogens with one attached hydrogen (secondary N) is 1.